The Morgan fingerprint density at radius 2 is 1.92 bits per heavy atom. The highest BCUT2D eigenvalue weighted by atomic mass is 19.4. The highest BCUT2D eigenvalue weighted by molar-refractivity contribution is 5.93. The molecule has 136 valence electrons. The Morgan fingerprint density at radius 1 is 1.23 bits per heavy atom. The van der Waals surface area contributed by atoms with Gasteiger partial charge in [0.2, 0.25) is 0 Å². The quantitative estimate of drug-likeness (QED) is 0.761. The van der Waals surface area contributed by atoms with Crippen LogP contribution < -0.4 is 10.1 Å². The molecule has 8 heteroatoms. The van der Waals surface area contributed by atoms with Crippen LogP contribution in [0.25, 0.3) is 5.65 Å². The fraction of sp³-hybridized carbons (Fsp3) is 0.222. The van der Waals surface area contributed by atoms with E-state index in [0.29, 0.717) is 11.2 Å². The van der Waals surface area contributed by atoms with E-state index in [2.05, 4.69) is 15.0 Å². The highest BCUT2D eigenvalue weighted by Crippen LogP contribution is 2.24. The molecule has 1 N–H and O–H groups in total. The molecule has 1 amide bonds. The average Bonchev–Trinajstić information content (AvgIpc) is 2.97. The number of nitrogens with one attached hydrogen (secondary N) is 1. The van der Waals surface area contributed by atoms with Crippen LogP contribution in [-0.4, -0.2) is 21.7 Å². The summed E-state index contributed by atoms with van der Waals surface area (Å²) >= 11 is 0. The standard InChI is InChI=1S/C18H16F3N3O2/c1-11-7-8-24-10-15(23-16(24)9-11)17(25)22-12(2)13-3-5-14(6-4-13)26-18(19,20)21/h3-10,12H,1-2H3,(H,22,25)/t12-/m1/s1. The van der Waals surface area contributed by atoms with Crippen LogP contribution in [0.5, 0.6) is 5.75 Å². The zero-order chi connectivity index (χ0) is 18.9. The number of nitrogens with zero attached hydrogens (tertiary/aromatic N) is 2. The van der Waals surface area contributed by atoms with E-state index in [1.807, 2.05) is 25.3 Å². The van der Waals surface area contributed by atoms with Crippen LogP contribution in [0.4, 0.5) is 13.2 Å². The van der Waals surface area contributed by atoms with Gasteiger partial charge in [0.15, 0.2) is 0 Å². The van der Waals surface area contributed by atoms with Crippen molar-refractivity contribution in [2.45, 2.75) is 26.3 Å². The molecule has 0 fully saturated rings. The van der Waals surface area contributed by atoms with E-state index in [1.54, 1.807) is 17.5 Å². The summed E-state index contributed by atoms with van der Waals surface area (Å²) < 4.78 is 42.1. The molecular formula is C18H16F3N3O2. The Kier molecular flexibility index (Phi) is 4.58. The Morgan fingerprint density at radius 3 is 2.58 bits per heavy atom. The summed E-state index contributed by atoms with van der Waals surface area (Å²) in [6.45, 7) is 3.67. The lowest BCUT2D eigenvalue weighted by Crippen LogP contribution is -2.27. The van der Waals surface area contributed by atoms with Crippen molar-refractivity contribution in [2.24, 2.45) is 0 Å². The van der Waals surface area contributed by atoms with Crippen molar-refractivity contribution in [2.75, 3.05) is 0 Å². The van der Waals surface area contributed by atoms with Crippen LogP contribution in [0.1, 0.15) is 34.6 Å². The Hall–Kier alpha value is -3.03. The lowest BCUT2D eigenvalue weighted by Gasteiger charge is -2.14. The predicted octanol–water partition coefficient (Wildman–Crippen LogP) is 4.03. The van der Waals surface area contributed by atoms with Crippen molar-refractivity contribution in [3.8, 4) is 5.75 Å². The number of halogens is 3. The van der Waals surface area contributed by atoms with Crippen molar-refractivity contribution in [3.05, 3.63) is 65.6 Å². The van der Waals surface area contributed by atoms with Gasteiger partial charge in [-0.3, -0.25) is 4.79 Å². The predicted molar refractivity (Wildman–Crippen MR) is 88.9 cm³/mol. The van der Waals surface area contributed by atoms with E-state index in [1.165, 1.54) is 24.3 Å². The normalized spacial score (nSPS) is 12.8. The highest BCUT2D eigenvalue weighted by Gasteiger charge is 2.31. The third-order valence-electron chi connectivity index (χ3n) is 3.81. The average molecular weight is 363 g/mol. The van der Waals surface area contributed by atoms with Crippen LogP contribution >= 0.6 is 0 Å². The van der Waals surface area contributed by atoms with Gasteiger partial charge in [-0.2, -0.15) is 0 Å². The largest absolute Gasteiger partial charge is 0.573 e. The third kappa shape index (κ3) is 4.14. The van der Waals surface area contributed by atoms with Gasteiger partial charge in [0.25, 0.3) is 5.91 Å². The van der Waals surface area contributed by atoms with Gasteiger partial charge in [0.05, 0.1) is 6.04 Å². The van der Waals surface area contributed by atoms with Crippen LogP contribution in [0.2, 0.25) is 0 Å². The molecule has 1 atom stereocenters. The lowest BCUT2D eigenvalue weighted by atomic mass is 10.1. The summed E-state index contributed by atoms with van der Waals surface area (Å²) in [7, 11) is 0. The number of amides is 1. The van der Waals surface area contributed by atoms with E-state index in [9.17, 15) is 18.0 Å². The topological polar surface area (TPSA) is 55.6 Å². The van der Waals surface area contributed by atoms with Crippen molar-refractivity contribution in [3.63, 3.8) is 0 Å². The zero-order valence-electron chi connectivity index (χ0n) is 14.0. The summed E-state index contributed by atoms with van der Waals surface area (Å²) in [4.78, 5) is 16.7. The first-order valence-corrected chi connectivity index (χ1v) is 7.83. The SMILES string of the molecule is Cc1ccn2cc(C(=O)N[C@H](C)c3ccc(OC(F)(F)F)cc3)nc2c1. The monoisotopic (exact) mass is 363 g/mol. The molecule has 26 heavy (non-hydrogen) atoms. The molecule has 2 aromatic heterocycles. The van der Waals surface area contributed by atoms with Crippen LogP contribution in [-0.2, 0) is 0 Å². The van der Waals surface area contributed by atoms with Gasteiger partial charge < -0.3 is 14.5 Å². The van der Waals surface area contributed by atoms with Gasteiger partial charge in [-0.15, -0.1) is 13.2 Å². The van der Waals surface area contributed by atoms with Crippen LogP contribution in [0.3, 0.4) is 0 Å². The molecule has 1 aromatic carbocycles. The molecule has 2 heterocycles. The molecule has 0 aliphatic rings. The smallest absolute Gasteiger partial charge is 0.406 e. The molecule has 3 rings (SSSR count). The number of fused-ring (bicyclic) bond motifs is 1. The molecule has 0 spiro atoms. The van der Waals surface area contributed by atoms with E-state index >= 15 is 0 Å². The minimum atomic E-state index is -4.73. The van der Waals surface area contributed by atoms with Crippen LogP contribution in [0, 0.1) is 6.92 Å². The minimum absolute atomic E-state index is 0.263. The number of carbonyl (C=O) groups excluding carboxylic acids is 1. The summed E-state index contributed by atoms with van der Waals surface area (Å²) in [6.07, 6.45) is -1.29. The Balaban J connectivity index is 1.70. The second-order valence-electron chi connectivity index (χ2n) is 5.91. The van der Waals surface area contributed by atoms with Gasteiger partial charge in [-0.1, -0.05) is 12.1 Å². The first-order chi connectivity index (χ1) is 12.2. The van der Waals surface area contributed by atoms with E-state index in [-0.39, 0.29) is 17.4 Å². The van der Waals surface area contributed by atoms with Gasteiger partial charge in [-0.05, 0) is 49.2 Å². The van der Waals surface area contributed by atoms with Crippen molar-refractivity contribution in [1.29, 1.82) is 0 Å². The number of pyridine rings is 1. The number of hydrogen-bond acceptors (Lipinski definition) is 3. The number of aromatic nitrogens is 2. The number of hydrogen-bond donors (Lipinski definition) is 1. The number of benzene rings is 1. The second kappa shape index (κ2) is 6.70. The van der Waals surface area contributed by atoms with E-state index in [4.69, 9.17) is 0 Å². The van der Waals surface area contributed by atoms with Crippen molar-refractivity contribution in [1.82, 2.24) is 14.7 Å². The van der Waals surface area contributed by atoms with Gasteiger partial charge in [0.1, 0.15) is 17.1 Å². The van der Waals surface area contributed by atoms with Gasteiger partial charge in [0, 0.05) is 12.4 Å². The molecule has 0 saturated carbocycles. The minimum Gasteiger partial charge on any atom is -0.406 e. The number of alkyl halides is 3. The molecule has 0 bridgehead atoms. The number of imidazole rings is 1. The third-order valence-corrected chi connectivity index (χ3v) is 3.81. The Labute approximate surface area is 147 Å². The lowest BCUT2D eigenvalue weighted by molar-refractivity contribution is -0.274. The molecule has 0 aliphatic carbocycles. The van der Waals surface area contributed by atoms with E-state index < -0.39 is 12.4 Å². The molecule has 0 saturated heterocycles. The summed E-state index contributed by atoms with van der Waals surface area (Å²) in [6, 6.07) is 8.72. The van der Waals surface area contributed by atoms with E-state index in [0.717, 1.165) is 5.56 Å². The first kappa shape index (κ1) is 17.8. The molecule has 0 aliphatic heterocycles. The molecule has 0 radical (unpaired) electrons. The maximum absolute atomic E-state index is 12.4. The number of aryl methyl sites for hydroxylation is 1. The fourth-order valence-corrected chi connectivity index (χ4v) is 2.51. The zero-order valence-corrected chi connectivity index (χ0v) is 14.0. The molecular weight excluding hydrogens is 347 g/mol. The van der Waals surface area contributed by atoms with Gasteiger partial charge in [-0.25, -0.2) is 4.98 Å². The van der Waals surface area contributed by atoms with Crippen LogP contribution in [0.15, 0.2) is 48.8 Å². The maximum atomic E-state index is 12.4. The fourth-order valence-electron chi connectivity index (χ4n) is 2.51. The summed E-state index contributed by atoms with van der Waals surface area (Å²) in [5.74, 6) is -0.676. The molecule has 0 unspecified atom stereocenters. The number of ether oxygens (including phenoxy) is 1. The summed E-state index contributed by atoms with van der Waals surface area (Å²) in [5.41, 5.74) is 2.60. The molecule has 5 nitrogen and oxygen atoms in total. The van der Waals surface area contributed by atoms with Crippen molar-refractivity contribution < 1.29 is 22.7 Å². The molecule has 3 aromatic rings. The van der Waals surface area contributed by atoms with Gasteiger partial charge >= 0.3 is 6.36 Å². The first-order valence-electron chi connectivity index (χ1n) is 7.83. The Bertz CT molecular complexity index is 933. The number of rotatable bonds is 4. The number of carbonyl (C=O) groups is 1. The van der Waals surface area contributed by atoms with Crippen molar-refractivity contribution >= 4 is 11.6 Å². The maximum Gasteiger partial charge on any atom is 0.573 e. The summed E-state index contributed by atoms with van der Waals surface area (Å²) in [5, 5.41) is 2.78. The second-order valence-corrected chi connectivity index (χ2v) is 5.91.